The third-order valence-electron chi connectivity index (χ3n) is 3.07. The molecular formula is C17H20ClN2O4P. The molecule has 8 heteroatoms. The van der Waals surface area contributed by atoms with Gasteiger partial charge in [0, 0.05) is 5.39 Å². The van der Waals surface area contributed by atoms with Crippen LogP contribution in [0.25, 0.3) is 10.9 Å². The fraction of sp³-hybridized carbons (Fsp3) is 0.412. The number of carbonyl (C=O) groups excluding carboxylic acids is 1. The quantitative estimate of drug-likeness (QED) is 0.441. The minimum absolute atomic E-state index is 0.143. The molecule has 6 nitrogen and oxygen atoms in total. The molecule has 1 aromatic carbocycles. The number of fused-ring (bicyclic) bond motifs is 1. The second-order valence-electron chi connectivity index (χ2n) is 6.78. The number of ether oxygens (including phenoxy) is 1. The average Bonchev–Trinajstić information content (AvgIpc) is 2.51. The number of pyridine rings is 1. The molecule has 0 aliphatic rings. The van der Waals surface area contributed by atoms with Crippen molar-refractivity contribution in [1.29, 1.82) is 0 Å². The molecule has 0 bridgehead atoms. The normalized spacial score (nSPS) is 13.6. The predicted molar refractivity (Wildman–Crippen MR) is 96.6 cm³/mol. The van der Waals surface area contributed by atoms with Crippen molar-refractivity contribution in [1.82, 2.24) is 4.98 Å². The van der Waals surface area contributed by atoms with Crippen molar-refractivity contribution >= 4 is 36.6 Å². The Labute approximate surface area is 152 Å². The molecule has 2 aromatic rings. The van der Waals surface area contributed by atoms with Crippen LogP contribution in [0.2, 0.25) is 5.15 Å². The third kappa shape index (κ3) is 6.24. The highest BCUT2D eigenvalue weighted by Crippen LogP contribution is 2.28. The van der Waals surface area contributed by atoms with Crippen molar-refractivity contribution in [3.05, 3.63) is 35.5 Å². The van der Waals surface area contributed by atoms with E-state index in [0.717, 1.165) is 5.39 Å². The summed E-state index contributed by atoms with van der Waals surface area (Å²) in [6, 6.07) is 7.59. The van der Waals surface area contributed by atoms with Gasteiger partial charge in [0.1, 0.15) is 5.15 Å². The zero-order valence-corrected chi connectivity index (χ0v) is 16.2. The van der Waals surface area contributed by atoms with Crippen molar-refractivity contribution in [2.75, 3.05) is 6.61 Å². The summed E-state index contributed by atoms with van der Waals surface area (Å²) in [7, 11) is -2.40. The van der Waals surface area contributed by atoms with Crippen LogP contribution in [0.5, 0.6) is 5.75 Å². The lowest BCUT2D eigenvalue weighted by atomic mass is 9.99. The van der Waals surface area contributed by atoms with Gasteiger partial charge >= 0.3 is 14.1 Å². The van der Waals surface area contributed by atoms with E-state index in [1.54, 1.807) is 30.3 Å². The number of esters is 1. The molecule has 134 valence electrons. The third-order valence-corrected chi connectivity index (χ3v) is 4.18. The zero-order chi connectivity index (χ0) is 18.6. The Morgan fingerprint density at radius 1 is 1.36 bits per heavy atom. The van der Waals surface area contributed by atoms with E-state index < -0.39 is 20.2 Å². The lowest BCUT2D eigenvalue weighted by Crippen LogP contribution is -2.24. The summed E-state index contributed by atoms with van der Waals surface area (Å²) < 4.78 is 14.3. The topological polar surface area (TPSA) is 83.8 Å². The van der Waals surface area contributed by atoms with Crippen LogP contribution in [-0.4, -0.2) is 23.6 Å². The first-order chi connectivity index (χ1) is 11.6. The second-order valence-corrected chi connectivity index (χ2v) is 8.05. The van der Waals surface area contributed by atoms with E-state index in [9.17, 15) is 9.69 Å². The van der Waals surface area contributed by atoms with E-state index in [1.807, 2.05) is 20.8 Å². The van der Waals surface area contributed by atoms with Gasteiger partial charge in [-0.1, -0.05) is 37.1 Å². The van der Waals surface area contributed by atoms with Gasteiger partial charge in [0.05, 0.1) is 12.1 Å². The first-order valence-corrected chi connectivity index (χ1v) is 9.24. The molecule has 0 N–H and O–H groups in total. The van der Waals surface area contributed by atoms with Gasteiger partial charge in [-0.05, 0) is 42.7 Å². The van der Waals surface area contributed by atoms with Crippen molar-refractivity contribution in [3.8, 4) is 5.75 Å². The van der Waals surface area contributed by atoms with Crippen molar-refractivity contribution in [2.24, 2.45) is 10.2 Å². The van der Waals surface area contributed by atoms with E-state index >= 15 is 0 Å². The van der Waals surface area contributed by atoms with Crippen molar-refractivity contribution in [2.45, 2.75) is 33.7 Å². The van der Waals surface area contributed by atoms with Crippen molar-refractivity contribution < 1.29 is 18.9 Å². The monoisotopic (exact) mass is 382 g/mol. The van der Waals surface area contributed by atoms with Gasteiger partial charge in [-0.3, -0.25) is 4.52 Å². The number of hydrogen-bond acceptors (Lipinski definition) is 6. The summed E-state index contributed by atoms with van der Waals surface area (Å²) in [5, 5.41) is 1.19. The average molecular weight is 383 g/mol. The fourth-order valence-electron chi connectivity index (χ4n) is 1.85. The predicted octanol–water partition coefficient (Wildman–Crippen LogP) is 4.10. The summed E-state index contributed by atoms with van der Waals surface area (Å²) in [5.41, 5.74) is 0.557. The Hall–Kier alpha value is -1.75. The van der Waals surface area contributed by atoms with Crippen LogP contribution in [0, 0.1) is 5.41 Å². The molecule has 0 aliphatic carbocycles. The molecule has 0 saturated heterocycles. The van der Waals surface area contributed by atoms with Gasteiger partial charge < -0.3 is 9.63 Å². The second kappa shape index (κ2) is 8.09. The Bertz CT molecular complexity index is 805. The van der Waals surface area contributed by atoms with Crippen LogP contribution >= 0.6 is 19.8 Å². The van der Waals surface area contributed by atoms with E-state index in [4.69, 9.17) is 20.9 Å². The van der Waals surface area contributed by atoms with E-state index in [2.05, 4.69) is 9.73 Å². The highest BCUT2D eigenvalue weighted by atomic mass is 35.5. The highest BCUT2D eigenvalue weighted by Gasteiger charge is 2.21. The molecule has 0 spiro atoms. The summed E-state index contributed by atoms with van der Waals surface area (Å²) in [6.45, 7) is 7.64. The number of benzene rings is 1. The summed E-state index contributed by atoms with van der Waals surface area (Å²) in [4.78, 5) is 28.1. The smallest absolute Gasteiger partial charge is 0.395 e. The molecular weight excluding hydrogens is 363 g/mol. The first kappa shape index (κ1) is 19.6. The number of rotatable bonds is 5. The van der Waals surface area contributed by atoms with E-state index in [0.29, 0.717) is 16.4 Å². The Kier molecular flexibility index (Phi) is 6.33. The Balaban J connectivity index is 2.02. The maximum atomic E-state index is 12.0. The van der Waals surface area contributed by atoms with Gasteiger partial charge in [-0.25, -0.2) is 9.78 Å². The van der Waals surface area contributed by atoms with Crippen molar-refractivity contribution in [3.63, 3.8) is 0 Å². The lowest BCUT2D eigenvalue weighted by molar-refractivity contribution is -0.169. The molecule has 0 radical (unpaired) electrons. The lowest BCUT2D eigenvalue weighted by Gasteiger charge is -2.18. The van der Waals surface area contributed by atoms with Gasteiger partial charge in [0.25, 0.3) is 0 Å². The number of nitrogens with zero attached hydrogens (tertiary/aromatic N) is 2. The molecule has 1 aromatic heterocycles. The number of carbonyl (C=O) groups is 1. The SMILES string of the molecule is C[C@H](N=[P+]([O-])Oc1ccc2nc(Cl)ccc2c1)C(=O)OCC(C)(C)C. The van der Waals surface area contributed by atoms with Crippen LogP contribution in [0.15, 0.2) is 35.1 Å². The van der Waals surface area contributed by atoms with E-state index in [-0.39, 0.29) is 12.0 Å². The maximum absolute atomic E-state index is 12.0. The van der Waals surface area contributed by atoms with Crippen LogP contribution in [0.3, 0.4) is 0 Å². The van der Waals surface area contributed by atoms with Gasteiger partial charge in [-0.15, -0.1) is 0 Å². The molecule has 25 heavy (non-hydrogen) atoms. The Morgan fingerprint density at radius 3 is 2.76 bits per heavy atom. The summed E-state index contributed by atoms with van der Waals surface area (Å²) in [6.07, 6.45) is 0. The number of hydrogen-bond donors (Lipinski definition) is 0. The maximum Gasteiger partial charge on any atom is 0.395 e. The van der Waals surface area contributed by atoms with Gasteiger partial charge in [0.15, 0.2) is 11.8 Å². The Morgan fingerprint density at radius 2 is 2.08 bits per heavy atom. The van der Waals surface area contributed by atoms with Crippen LogP contribution in [0.1, 0.15) is 27.7 Å². The first-order valence-electron chi connectivity index (χ1n) is 7.73. The molecule has 0 amide bonds. The van der Waals surface area contributed by atoms with E-state index in [1.165, 1.54) is 6.92 Å². The summed E-state index contributed by atoms with van der Waals surface area (Å²) in [5.74, 6) is -0.157. The molecule has 0 aliphatic heterocycles. The molecule has 1 heterocycles. The largest absolute Gasteiger partial charge is 0.575 e. The van der Waals surface area contributed by atoms with Gasteiger partial charge in [0.2, 0.25) is 0 Å². The van der Waals surface area contributed by atoms with Crippen LogP contribution in [0.4, 0.5) is 0 Å². The highest BCUT2D eigenvalue weighted by molar-refractivity contribution is 7.34. The zero-order valence-electron chi connectivity index (χ0n) is 14.5. The molecule has 1 unspecified atom stereocenters. The standard InChI is InChI=1S/C17H20ClN2O4P/c1-11(16(21)23-10-17(2,3)4)20-25(22)24-13-6-7-14-12(9-13)5-8-15(18)19-14/h5-9,11H,10H2,1-4H3/t11-/m0/s1. The molecule has 2 rings (SSSR count). The molecule has 0 fully saturated rings. The van der Waals surface area contributed by atoms with Crippen LogP contribution in [-0.2, 0) is 9.53 Å². The summed E-state index contributed by atoms with van der Waals surface area (Å²) >= 11 is 5.84. The number of halogens is 1. The number of aromatic nitrogens is 1. The molecule has 2 atom stereocenters. The fourth-order valence-corrected chi connectivity index (χ4v) is 2.72. The van der Waals surface area contributed by atoms with Crippen LogP contribution < -0.4 is 9.42 Å². The van der Waals surface area contributed by atoms with Gasteiger partial charge in [-0.2, -0.15) is 0 Å². The minimum Gasteiger partial charge on any atom is -0.575 e. The molecule has 0 saturated carbocycles. The minimum atomic E-state index is -2.40.